The largest absolute Gasteiger partial charge is 0.289 e. The lowest BCUT2D eigenvalue weighted by Gasteiger charge is -2.00. The summed E-state index contributed by atoms with van der Waals surface area (Å²) >= 11 is 0. The maximum absolute atomic E-state index is 12.1. The van der Waals surface area contributed by atoms with E-state index in [0.29, 0.717) is 17.1 Å². The monoisotopic (exact) mass is 222 g/mol. The minimum atomic E-state index is -1.98. The van der Waals surface area contributed by atoms with Gasteiger partial charge in [-0.2, -0.15) is 0 Å². The van der Waals surface area contributed by atoms with E-state index >= 15 is 0 Å². The van der Waals surface area contributed by atoms with Gasteiger partial charge in [0.1, 0.15) is 0 Å². The summed E-state index contributed by atoms with van der Waals surface area (Å²) in [6, 6.07) is 9.03. The van der Waals surface area contributed by atoms with Crippen LogP contribution in [0, 0.1) is 0 Å². The Labute approximate surface area is 90.3 Å². The second-order valence-corrected chi connectivity index (χ2v) is 6.62. The van der Waals surface area contributed by atoms with Gasteiger partial charge >= 0.3 is 0 Å². The number of carbonyl (C=O) groups is 1. The Balaban J connectivity index is 2.27. The van der Waals surface area contributed by atoms with E-state index in [9.17, 15) is 9.00 Å². The number of Topliss-reactive ketones (excluding diaryl/α,β-unsaturated/α-hetero) is 1. The van der Waals surface area contributed by atoms with Crippen molar-refractivity contribution in [3.05, 3.63) is 35.9 Å². The molecule has 0 aliphatic carbocycles. The van der Waals surface area contributed by atoms with E-state index in [1.165, 1.54) is 5.37 Å². The number of hydrogen-bond acceptors (Lipinski definition) is 2. The molecule has 0 bridgehead atoms. The molecule has 0 atom stereocenters. The zero-order chi connectivity index (χ0) is 10.7. The lowest BCUT2D eigenvalue weighted by molar-refractivity contribution is 0.107. The van der Waals surface area contributed by atoms with Gasteiger partial charge in [-0.3, -0.25) is 9.00 Å². The van der Waals surface area contributed by atoms with Crippen molar-refractivity contribution in [3.8, 4) is 0 Å². The van der Waals surface area contributed by atoms with Crippen LogP contribution in [0.25, 0.3) is 0 Å². The van der Waals surface area contributed by atoms with Gasteiger partial charge in [-0.05, 0) is 22.4 Å². The predicted molar refractivity (Wildman–Crippen MR) is 63.9 cm³/mol. The molecule has 1 aromatic carbocycles. The summed E-state index contributed by atoms with van der Waals surface area (Å²) in [5.74, 6) is 1.28. The Hall–Kier alpha value is -1.09. The van der Waals surface area contributed by atoms with E-state index in [0.717, 1.165) is 12.8 Å². The Morgan fingerprint density at radius 3 is 2.33 bits per heavy atom. The van der Waals surface area contributed by atoms with E-state index in [-0.39, 0.29) is 5.78 Å². The highest BCUT2D eigenvalue weighted by molar-refractivity contribution is 8.02. The second kappa shape index (κ2) is 4.19. The van der Waals surface area contributed by atoms with Crippen LogP contribution < -0.4 is 0 Å². The summed E-state index contributed by atoms with van der Waals surface area (Å²) in [6.07, 6.45) is 1.97. The van der Waals surface area contributed by atoms with E-state index in [2.05, 4.69) is 0 Å². The van der Waals surface area contributed by atoms with Crippen LogP contribution in [0.5, 0.6) is 0 Å². The molecule has 0 unspecified atom stereocenters. The van der Waals surface area contributed by atoms with Crippen molar-refractivity contribution in [1.29, 1.82) is 0 Å². The molecule has 2 rings (SSSR count). The summed E-state index contributed by atoms with van der Waals surface area (Å²) in [5.41, 5.74) is 0.632. The minimum absolute atomic E-state index is 0.0949. The average molecular weight is 222 g/mol. The smallest absolute Gasteiger partial charge is 0.193 e. The SMILES string of the molecule is O=C(C=S1(=O)CCCC1)c1ccccc1. The molecule has 1 fully saturated rings. The van der Waals surface area contributed by atoms with Gasteiger partial charge in [0.15, 0.2) is 5.78 Å². The Bertz CT molecular complexity index is 456. The maximum Gasteiger partial charge on any atom is 0.193 e. The summed E-state index contributed by atoms with van der Waals surface area (Å²) in [5, 5.41) is 1.45. The Morgan fingerprint density at radius 1 is 1.13 bits per heavy atom. The highest BCUT2D eigenvalue weighted by atomic mass is 32.2. The van der Waals surface area contributed by atoms with Crippen molar-refractivity contribution >= 4 is 20.7 Å². The first-order valence-electron chi connectivity index (χ1n) is 5.13. The molecule has 3 heteroatoms. The fraction of sp³-hybridized carbons (Fsp3) is 0.333. The summed E-state index contributed by atoms with van der Waals surface area (Å²) in [6.45, 7) is 0. The van der Waals surface area contributed by atoms with Crippen LogP contribution in [0.3, 0.4) is 0 Å². The molecule has 1 saturated heterocycles. The minimum Gasteiger partial charge on any atom is -0.289 e. The van der Waals surface area contributed by atoms with Crippen molar-refractivity contribution in [3.63, 3.8) is 0 Å². The Morgan fingerprint density at radius 2 is 1.73 bits per heavy atom. The van der Waals surface area contributed by atoms with E-state index in [1.807, 2.05) is 18.2 Å². The van der Waals surface area contributed by atoms with Gasteiger partial charge in [-0.15, -0.1) is 0 Å². The number of carbonyl (C=O) groups excluding carboxylic acids is 1. The second-order valence-electron chi connectivity index (χ2n) is 3.83. The Kier molecular flexibility index (Phi) is 2.91. The molecule has 1 aromatic rings. The molecule has 1 aliphatic heterocycles. The molecule has 0 radical (unpaired) electrons. The number of ketones is 1. The van der Waals surface area contributed by atoms with Crippen molar-refractivity contribution in [1.82, 2.24) is 0 Å². The van der Waals surface area contributed by atoms with Crippen LogP contribution in [0.15, 0.2) is 30.3 Å². The third-order valence-corrected chi connectivity index (χ3v) is 5.21. The number of benzene rings is 1. The molecular formula is C12H14O2S. The first-order valence-corrected chi connectivity index (χ1v) is 7.09. The van der Waals surface area contributed by atoms with Gasteiger partial charge in [0.05, 0.1) is 0 Å². The van der Waals surface area contributed by atoms with Crippen molar-refractivity contribution in [2.24, 2.45) is 0 Å². The molecule has 0 aromatic heterocycles. The standard InChI is InChI=1S/C12H14O2S/c13-12(11-6-2-1-3-7-11)10-15(14)8-4-5-9-15/h1-3,6-7,10H,4-5,8-9H2. The molecule has 0 spiro atoms. The maximum atomic E-state index is 12.1. The third kappa shape index (κ3) is 2.48. The van der Waals surface area contributed by atoms with Gasteiger partial charge in [-0.25, -0.2) is 0 Å². The van der Waals surface area contributed by atoms with Crippen molar-refractivity contribution in [2.45, 2.75) is 12.8 Å². The van der Waals surface area contributed by atoms with Crippen LogP contribution >= 0.6 is 0 Å². The van der Waals surface area contributed by atoms with Crippen molar-refractivity contribution < 1.29 is 9.00 Å². The van der Waals surface area contributed by atoms with Gasteiger partial charge in [0, 0.05) is 22.4 Å². The van der Waals surface area contributed by atoms with E-state index in [4.69, 9.17) is 0 Å². The van der Waals surface area contributed by atoms with Crippen molar-refractivity contribution in [2.75, 3.05) is 11.5 Å². The fourth-order valence-corrected chi connectivity index (χ4v) is 4.13. The summed E-state index contributed by atoms with van der Waals surface area (Å²) in [7, 11) is -1.98. The highest BCUT2D eigenvalue weighted by Gasteiger charge is 2.16. The third-order valence-electron chi connectivity index (χ3n) is 2.61. The zero-order valence-electron chi connectivity index (χ0n) is 8.52. The fourth-order valence-electron chi connectivity index (χ4n) is 1.78. The molecule has 0 N–H and O–H groups in total. The number of hydrogen-bond donors (Lipinski definition) is 0. The summed E-state index contributed by atoms with van der Waals surface area (Å²) < 4.78 is 12.1. The molecule has 15 heavy (non-hydrogen) atoms. The normalized spacial score (nSPS) is 18.7. The van der Waals surface area contributed by atoms with Gasteiger partial charge in [0.2, 0.25) is 0 Å². The lowest BCUT2D eigenvalue weighted by atomic mass is 10.2. The topological polar surface area (TPSA) is 34.1 Å². The van der Waals surface area contributed by atoms with Crippen LogP contribution in [-0.4, -0.2) is 26.9 Å². The van der Waals surface area contributed by atoms with Crippen LogP contribution in [0.1, 0.15) is 23.2 Å². The quantitative estimate of drug-likeness (QED) is 0.564. The molecular weight excluding hydrogens is 208 g/mol. The van der Waals surface area contributed by atoms with Crippen LogP contribution in [-0.2, 0) is 9.52 Å². The highest BCUT2D eigenvalue weighted by Crippen LogP contribution is 2.11. The average Bonchev–Trinajstić information content (AvgIpc) is 2.66. The first-order chi connectivity index (χ1) is 7.20. The van der Waals surface area contributed by atoms with E-state index < -0.39 is 9.52 Å². The van der Waals surface area contributed by atoms with Crippen LogP contribution in [0.4, 0.5) is 0 Å². The van der Waals surface area contributed by atoms with E-state index in [1.54, 1.807) is 12.1 Å². The number of rotatable bonds is 2. The van der Waals surface area contributed by atoms with Crippen LogP contribution in [0.2, 0.25) is 0 Å². The lowest BCUT2D eigenvalue weighted by Crippen LogP contribution is -2.12. The molecule has 2 nitrogen and oxygen atoms in total. The van der Waals surface area contributed by atoms with Gasteiger partial charge in [0.25, 0.3) is 0 Å². The molecule has 1 heterocycles. The molecule has 0 amide bonds. The van der Waals surface area contributed by atoms with Gasteiger partial charge in [-0.1, -0.05) is 30.3 Å². The van der Waals surface area contributed by atoms with Gasteiger partial charge < -0.3 is 0 Å². The zero-order valence-corrected chi connectivity index (χ0v) is 9.33. The predicted octanol–water partition coefficient (Wildman–Crippen LogP) is 1.75. The first kappa shape index (κ1) is 10.4. The molecule has 0 saturated carbocycles. The molecule has 1 aliphatic rings. The summed E-state index contributed by atoms with van der Waals surface area (Å²) in [4.78, 5) is 11.8. The molecule has 80 valence electrons.